The van der Waals surface area contributed by atoms with E-state index in [0.717, 1.165) is 5.92 Å². The second kappa shape index (κ2) is 3.00. The summed E-state index contributed by atoms with van der Waals surface area (Å²) in [6.07, 6.45) is 5.64. The van der Waals surface area contributed by atoms with E-state index in [9.17, 15) is 0 Å². The summed E-state index contributed by atoms with van der Waals surface area (Å²) < 4.78 is 0. The first-order valence-corrected chi connectivity index (χ1v) is 5.14. The molecule has 0 bridgehead atoms. The molecule has 0 radical (unpaired) electrons. The fraction of sp³-hybridized carbons (Fsp3) is 1.00. The lowest BCUT2D eigenvalue weighted by Crippen LogP contribution is -2.45. The van der Waals surface area contributed by atoms with Gasteiger partial charge in [0.15, 0.2) is 0 Å². The van der Waals surface area contributed by atoms with E-state index in [0.29, 0.717) is 5.54 Å². The summed E-state index contributed by atoms with van der Waals surface area (Å²) in [7, 11) is 4.37. The van der Waals surface area contributed by atoms with Gasteiger partial charge in [-0.05, 0) is 52.2 Å². The lowest BCUT2D eigenvalue weighted by atomic mass is 9.89. The van der Waals surface area contributed by atoms with Gasteiger partial charge in [-0.25, -0.2) is 0 Å². The minimum atomic E-state index is 0.550. The number of nitrogens with zero attached hydrogens (tertiary/aromatic N) is 1. The van der Waals surface area contributed by atoms with Gasteiger partial charge in [0.25, 0.3) is 0 Å². The van der Waals surface area contributed by atoms with Crippen molar-refractivity contribution in [3.8, 4) is 0 Å². The van der Waals surface area contributed by atoms with Gasteiger partial charge in [-0.1, -0.05) is 0 Å². The van der Waals surface area contributed by atoms with Crippen LogP contribution in [0.3, 0.4) is 0 Å². The molecule has 0 aromatic carbocycles. The highest BCUT2D eigenvalue weighted by molar-refractivity contribution is 5.07. The molecule has 1 atom stereocenters. The van der Waals surface area contributed by atoms with E-state index in [1.165, 1.54) is 38.8 Å². The van der Waals surface area contributed by atoms with Crippen LogP contribution in [0.25, 0.3) is 0 Å². The third kappa shape index (κ3) is 1.38. The van der Waals surface area contributed by atoms with E-state index >= 15 is 0 Å². The van der Waals surface area contributed by atoms with E-state index in [1.807, 2.05) is 0 Å². The summed E-state index contributed by atoms with van der Waals surface area (Å²) in [6, 6.07) is 0. The Labute approximate surface area is 75.3 Å². The predicted molar refractivity (Wildman–Crippen MR) is 51.2 cm³/mol. The molecule has 12 heavy (non-hydrogen) atoms. The number of hydrogen-bond acceptors (Lipinski definition) is 2. The van der Waals surface area contributed by atoms with Gasteiger partial charge in [-0.2, -0.15) is 0 Å². The van der Waals surface area contributed by atoms with E-state index < -0.39 is 0 Å². The van der Waals surface area contributed by atoms with E-state index in [2.05, 4.69) is 24.3 Å². The second-order valence-corrected chi connectivity index (χ2v) is 4.51. The normalized spacial score (nSPS) is 35.0. The van der Waals surface area contributed by atoms with Crippen molar-refractivity contribution in [3.63, 3.8) is 0 Å². The zero-order valence-corrected chi connectivity index (χ0v) is 8.27. The Hall–Kier alpha value is -0.0800. The van der Waals surface area contributed by atoms with Crippen LogP contribution in [0, 0.1) is 5.92 Å². The first-order valence-electron chi connectivity index (χ1n) is 5.14. The van der Waals surface area contributed by atoms with E-state index in [4.69, 9.17) is 0 Å². The average Bonchev–Trinajstić information content (AvgIpc) is 2.84. The monoisotopic (exact) mass is 168 g/mol. The Morgan fingerprint density at radius 3 is 2.67 bits per heavy atom. The maximum absolute atomic E-state index is 3.52. The molecule has 0 spiro atoms. The van der Waals surface area contributed by atoms with Crippen LogP contribution < -0.4 is 5.32 Å². The molecule has 0 amide bonds. The first-order chi connectivity index (χ1) is 5.77. The number of rotatable bonds is 2. The largest absolute Gasteiger partial charge is 0.314 e. The van der Waals surface area contributed by atoms with Crippen molar-refractivity contribution in [2.24, 2.45) is 5.92 Å². The second-order valence-electron chi connectivity index (χ2n) is 4.51. The number of hydrogen-bond donors (Lipinski definition) is 1. The van der Waals surface area contributed by atoms with Crippen LogP contribution >= 0.6 is 0 Å². The van der Waals surface area contributed by atoms with Gasteiger partial charge in [-0.15, -0.1) is 0 Å². The van der Waals surface area contributed by atoms with Gasteiger partial charge in [0.1, 0.15) is 0 Å². The van der Waals surface area contributed by atoms with Crippen LogP contribution in [-0.2, 0) is 0 Å². The van der Waals surface area contributed by atoms with Gasteiger partial charge in [0, 0.05) is 12.1 Å². The van der Waals surface area contributed by atoms with Gasteiger partial charge < -0.3 is 10.2 Å². The maximum Gasteiger partial charge on any atom is 0.0220 e. The van der Waals surface area contributed by atoms with E-state index in [1.54, 1.807) is 0 Å². The van der Waals surface area contributed by atoms with Crippen LogP contribution in [0.4, 0.5) is 0 Å². The molecule has 1 unspecified atom stereocenters. The minimum Gasteiger partial charge on any atom is -0.314 e. The molecule has 2 aliphatic rings. The van der Waals surface area contributed by atoms with Crippen molar-refractivity contribution < 1.29 is 0 Å². The van der Waals surface area contributed by atoms with Gasteiger partial charge in [0.2, 0.25) is 0 Å². The van der Waals surface area contributed by atoms with Gasteiger partial charge in [-0.3, -0.25) is 0 Å². The Balaban J connectivity index is 1.94. The third-order valence-electron chi connectivity index (χ3n) is 3.69. The SMILES string of the molecule is CNC1(C2CCCN(C)C2)CC1. The summed E-state index contributed by atoms with van der Waals surface area (Å²) in [5.41, 5.74) is 0.550. The van der Waals surface area contributed by atoms with Crippen LogP contribution in [-0.4, -0.2) is 37.6 Å². The molecule has 70 valence electrons. The van der Waals surface area contributed by atoms with E-state index in [-0.39, 0.29) is 0 Å². The van der Waals surface area contributed by atoms with Crippen molar-refractivity contribution in [3.05, 3.63) is 0 Å². The number of likely N-dealkylation sites (tertiary alicyclic amines) is 1. The topological polar surface area (TPSA) is 15.3 Å². The van der Waals surface area contributed by atoms with Crippen LogP contribution in [0.1, 0.15) is 25.7 Å². The molecule has 0 aromatic rings. The Kier molecular flexibility index (Phi) is 2.13. The fourth-order valence-electron chi connectivity index (χ4n) is 2.61. The quantitative estimate of drug-likeness (QED) is 0.664. The average molecular weight is 168 g/mol. The zero-order valence-electron chi connectivity index (χ0n) is 8.27. The molecule has 2 fully saturated rings. The van der Waals surface area contributed by atoms with Crippen molar-refractivity contribution in [2.75, 3.05) is 27.2 Å². The zero-order chi connectivity index (χ0) is 8.60. The molecule has 1 aliphatic carbocycles. The smallest absolute Gasteiger partial charge is 0.0220 e. The van der Waals surface area contributed by atoms with Crippen molar-refractivity contribution in [1.82, 2.24) is 10.2 Å². The first kappa shape index (κ1) is 8.52. The van der Waals surface area contributed by atoms with Crippen molar-refractivity contribution in [1.29, 1.82) is 0 Å². The molecule has 2 nitrogen and oxygen atoms in total. The predicted octanol–water partition coefficient (Wildman–Crippen LogP) is 1.08. The fourth-order valence-corrected chi connectivity index (χ4v) is 2.61. The summed E-state index contributed by atoms with van der Waals surface area (Å²) in [6.45, 7) is 2.61. The third-order valence-corrected chi connectivity index (χ3v) is 3.69. The molecule has 2 rings (SSSR count). The van der Waals surface area contributed by atoms with Crippen LogP contribution in [0.5, 0.6) is 0 Å². The highest BCUT2D eigenvalue weighted by Gasteiger charge is 2.48. The Morgan fingerprint density at radius 1 is 1.42 bits per heavy atom. The van der Waals surface area contributed by atoms with Gasteiger partial charge in [0.05, 0.1) is 0 Å². The highest BCUT2D eigenvalue weighted by atomic mass is 15.1. The number of nitrogens with one attached hydrogen (secondary N) is 1. The molecular weight excluding hydrogens is 148 g/mol. The maximum atomic E-state index is 3.52. The highest BCUT2D eigenvalue weighted by Crippen LogP contribution is 2.45. The van der Waals surface area contributed by atoms with Crippen LogP contribution in [0.2, 0.25) is 0 Å². The summed E-state index contributed by atoms with van der Waals surface area (Å²) in [5, 5.41) is 3.52. The van der Waals surface area contributed by atoms with Crippen molar-refractivity contribution in [2.45, 2.75) is 31.2 Å². The lowest BCUT2D eigenvalue weighted by Gasteiger charge is -2.35. The molecule has 1 heterocycles. The minimum absolute atomic E-state index is 0.550. The molecule has 1 saturated heterocycles. The Bertz CT molecular complexity index is 163. The molecule has 2 heteroatoms. The summed E-state index contributed by atoms with van der Waals surface area (Å²) in [4.78, 5) is 2.48. The summed E-state index contributed by atoms with van der Waals surface area (Å²) in [5.74, 6) is 0.918. The van der Waals surface area contributed by atoms with Gasteiger partial charge >= 0.3 is 0 Å². The van der Waals surface area contributed by atoms with Crippen LogP contribution in [0.15, 0.2) is 0 Å². The molecule has 1 N–H and O–H groups in total. The standard InChI is InChI=1S/C10H20N2/c1-11-10(5-6-10)9-4-3-7-12(2)8-9/h9,11H,3-8H2,1-2H3. The Morgan fingerprint density at radius 2 is 2.17 bits per heavy atom. The molecule has 1 saturated carbocycles. The number of piperidine rings is 1. The molecule has 0 aromatic heterocycles. The summed E-state index contributed by atoms with van der Waals surface area (Å²) >= 11 is 0. The molecular formula is C10H20N2. The van der Waals surface area contributed by atoms with Crippen molar-refractivity contribution >= 4 is 0 Å². The molecule has 1 aliphatic heterocycles. The lowest BCUT2D eigenvalue weighted by molar-refractivity contribution is 0.167.